The molecular formula is C13H23IN4S. The molecule has 108 valence electrons. The summed E-state index contributed by atoms with van der Waals surface area (Å²) in [6.07, 6.45) is 5.21. The second kappa shape index (κ2) is 8.73. The highest BCUT2D eigenvalue weighted by atomic mass is 127. The second-order valence-electron chi connectivity index (χ2n) is 4.68. The maximum atomic E-state index is 4.65. The van der Waals surface area contributed by atoms with Crippen LogP contribution in [0.15, 0.2) is 10.5 Å². The summed E-state index contributed by atoms with van der Waals surface area (Å²) in [5, 5.41) is 6.84. The lowest BCUT2D eigenvalue weighted by Crippen LogP contribution is -2.42. The fourth-order valence-corrected chi connectivity index (χ4v) is 2.91. The normalized spacial score (nSPS) is 16.2. The van der Waals surface area contributed by atoms with E-state index in [2.05, 4.69) is 27.5 Å². The summed E-state index contributed by atoms with van der Waals surface area (Å²) < 4.78 is 0. The zero-order valence-corrected chi connectivity index (χ0v) is 14.8. The molecule has 1 fully saturated rings. The Kier molecular flexibility index (Phi) is 7.67. The molecule has 1 aromatic rings. The minimum Gasteiger partial charge on any atom is -0.357 e. The molecule has 4 nitrogen and oxygen atoms in total. The van der Waals surface area contributed by atoms with Crippen molar-refractivity contribution in [3.8, 4) is 0 Å². The molecule has 0 amide bonds. The lowest BCUT2D eigenvalue weighted by molar-refractivity contribution is 0.614. The molecule has 0 saturated heterocycles. The van der Waals surface area contributed by atoms with E-state index < -0.39 is 0 Å². The van der Waals surface area contributed by atoms with Crippen LogP contribution < -0.4 is 10.6 Å². The molecule has 0 aliphatic heterocycles. The summed E-state index contributed by atoms with van der Waals surface area (Å²) in [4.78, 5) is 10.1. The third-order valence-corrected chi connectivity index (χ3v) is 4.19. The van der Waals surface area contributed by atoms with Gasteiger partial charge in [-0.05, 0) is 26.7 Å². The van der Waals surface area contributed by atoms with Crippen LogP contribution in [0.3, 0.4) is 0 Å². The largest absolute Gasteiger partial charge is 0.357 e. The van der Waals surface area contributed by atoms with E-state index in [1.807, 2.05) is 12.4 Å². The molecule has 1 aromatic heterocycles. The summed E-state index contributed by atoms with van der Waals surface area (Å²) in [6, 6.07) is 0.602. The minimum absolute atomic E-state index is 0. The van der Waals surface area contributed by atoms with E-state index in [4.69, 9.17) is 0 Å². The Morgan fingerprint density at radius 1 is 1.47 bits per heavy atom. The molecular weight excluding hydrogens is 371 g/mol. The molecule has 0 aromatic carbocycles. The Hall–Kier alpha value is -0.370. The number of thiazole rings is 1. The van der Waals surface area contributed by atoms with E-state index in [1.54, 1.807) is 11.3 Å². The number of aryl methyl sites for hydroxylation is 1. The van der Waals surface area contributed by atoms with Crippen molar-refractivity contribution in [1.82, 2.24) is 15.6 Å². The number of rotatable bonds is 4. The number of nitrogens with one attached hydrogen (secondary N) is 2. The number of guanidine groups is 1. The van der Waals surface area contributed by atoms with E-state index in [1.165, 1.54) is 30.6 Å². The Morgan fingerprint density at radius 3 is 2.79 bits per heavy atom. The molecule has 2 N–H and O–H groups in total. The quantitative estimate of drug-likeness (QED) is 0.469. The molecule has 0 bridgehead atoms. The van der Waals surface area contributed by atoms with Gasteiger partial charge in [0.15, 0.2) is 5.96 Å². The van der Waals surface area contributed by atoms with Crippen LogP contribution >= 0.6 is 35.3 Å². The van der Waals surface area contributed by atoms with Gasteiger partial charge in [-0.15, -0.1) is 35.3 Å². The standard InChI is InChI=1S/C13H22N4S.HI/c1-3-14-13(17-11-6-4-5-7-11)15-8-12-10(2)16-9-18-12;/h9,11H,3-8H2,1-2H3,(H2,14,15,17);1H. The highest BCUT2D eigenvalue weighted by molar-refractivity contribution is 14.0. The third kappa shape index (κ3) is 5.25. The number of hydrogen-bond donors (Lipinski definition) is 2. The van der Waals surface area contributed by atoms with Crippen LogP contribution in [-0.4, -0.2) is 23.5 Å². The zero-order valence-electron chi connectivity index (χ0n) is 11.6. The first-order chi connectivity index (χ1) is 8.79. The molecule has 0 unspecified atom stereocenters. The minimum atomic E-state index is 0. The van der Waals surface area contributed by atoms with Crippen LogP contribution in [0, 0.1) is 6.92 Å². The maximum Gasteiger partial charge on any atom is 0.191 e. The predicted octanol–water partition coefficient (Wildman–Crippen LogP) is 3.07. The van der Waals surface area contributed by atoms with Gasteiger partial charge in [-0.3, -0.25) is 0 Å². The summed E-state index contributed by atoms with van der Waals surface area (Å²) in [5.74, 6) is 0.942. The van der Waals surface area contributed by atoms with Crippen LogP contribution in [-0.2, 0) is 6.54 Å². The maximum absolute atomic E-state index is 4.65. The average Bonchev–Trinajstić information content (AvgIpc) is 2.98. The molecule has 6 heteroatoms. The van der Waals surface area contributed by atoms with E-state index in [9.17, 15) is 0 Å². The van der Waals surface area contributed by atoms with Gasteiger partial charge in [0.2, 0.25) is 0 Å². The van der Waals surface area contributed by atoms with Gasteiger partial charge < -0.3 is 10.6 Å². The monoisotopic (exact) mass is 394 g/mol. The molecule has 0 radical (unpaired) electrons. The fraction of sp³-hybridized carbons (Fsp3) is 0.692. The topological polar surface area (TPSA) is 49.3 Å². The average molecular weight is 394 g/mol. The Balaban J connectivity index is 0.00000180. The van der Waals surface area contributed by atoms with Gasteiger partial charge in [-0.1, -0.05) is 12.8 Å². The number of aliphatic imine (C=N–C) groups is 1. The van der Waals surface area contributed by atoms with E-state index in [0.29, 0.717) is 6.04 Å². The van der Waals surface area contributed by atoms with Gasteiger partial charge >= 0.3 is 0 Å². The number of hydrogen-bond acceptors (Lipinski definition) is 3. The van der Waals surface area contributed by atoms with Gasteiger partial charge in [0.05, 0.1) is 17.7 Å². The summed E-state index contributed by atoms with van der Waals surface area (Å²) in [6.45, 7) is 5.77. The predicted molar refractivity (Wildman–Crippen MR) is 92.5 cm³/mol. The van der Waals surface area contributed by atoms with Crippen LogP contribution in [0.2, 0.25) is 0 Å². The molecule has 1 heterocycles. The van der Waals surface area contributed by atoms with Crippen molar-refractivity contribution in [1.29, 1.82) is 0 Å². The summed E-state index contributed by atoms with van der Waals surface area (Å²) in [7, 11) is 0. The third-order valence-electron chi connectivity index (χ3n) is 3.27. The van der Waals surface area contributed by atoms with Crippen molar-refractivity contribution < 1.29 is 0 Å². The molecule has 19 heavy (non-hydrogen) atoms. The van der Waals surface area contributed by atoms with Gasteiger partial charge in [-0.2, -0.15) is 0 Å². The smallest absolute Gasteiger partial charge is 0.191 e. The first-order valence-electron chi connectivity index (χ1n) is 6.73. The van der Waals surface area contributed by atoms with E-state index in [-0.39, 0.29) is 24.0 Å². The molecule has 2 rings (SSSR count). The lowest BCUT2D eigenvalue weighted by Gasteiger charge is -2.16. The first-order valence-corrected chi connectivity index (χ1v) is 7.61. The van der Waals surface area contributed by atoms with Crippen LogP contribution in [0.25, 0.3) is 0 Å². The SMILES string of the molecule is CCNC(=NCc1scnc1C)NC1CCCC1.I. The van der Waals surface area contributed by atoms with Gasteiger partial charge in [0, 0.05) is 17.5 Å². The van der Waals surface area contributed by atoms with E-state index >= 15 is 0 Å². The molecule has 1 aliphatic carbocycles. The Bertz CT molecular complexity index is 399. The van der Waals surface area contributed by atoms with Crippen molar-refractivity contribution in [3.63, 3.8) is 0 Å². The van der Waals surface area contributed by atoms with E-state index in [0.717, 1.165) is 24.7 Å². The van der Waals surface area contributed by atoms with Gasteiger partial charge in [-0.25, -0.2) is 9.98 Å². The Labute approximate surface area is 136 Å². The van der Waals surface area contributed by atoms with Gasteiger partial charge in [0.1, 0.15) is 0 Å². The number of nitrogens with zero attached hydrogens (tertiary/aromatic N) is 2. The summed E-state index contributed by atoms with van der Waals surface area (Å²) >= 11 is 1.68. The molecule has 0 atom stereocenters. The first kappa shape index (κ1) is 16.7. The molecule has 1 aliphatic rings. The highest BCUT2D eigenvalue weighted by Crippen LogP contribution is 2.17. The lowest BCUT2D eigenvalue weighted by atomic mass is 10.2. The van der Waals surface area contributed by atoms with Crippen molar-refractivity contribution in [2.75, 3.05) is 6.54 Å². The number of aromatic nitrogens is 1. The second-order valence-corrected chi connectivity index (χ2v) is 5.62. The number of halogens is 1. The Morgan fingerprint density at radius 2 is 2.21 bits per heavy atom. The van der Waals surface area contributed by atoms with Crippen molar-refractivity contribution in [3.05, 3.63) is 16.1 Å². The molecule has 1 saturated carbocycles. The highest BCUT2D eigenvalue weighted by Gasteiger charge is 2.15. The van der Waals surface area contributed by atoms with Crippen molar-refractivity contribution >= 4 is 41.3 Å². The van der Waals surface area contributed by atoms with Crippen molar-refractivity contribution in [2.45, 2.75) is 52.1 Å². The zero-order chi connectivity index (χ0) is 12.8. The summed E-state index contributed by atoms with van der Waals surface area (Å²) in [5.41, 5.74) is 2.98. The van der Waals surface area contributed by atoms with Crippen molar-refractivity contribution in [2.24, 2.45) is 4.99 Å². The molecule has 0 spiro atoms. The van der Waals surface area contributed by atoms with Crippen LogP contribution in [0.1, 0.15) is 43.2 Å². The van der Waals surface area contributed by atoms with Gasteiger partial charge in [0.25, 0.3) is 0 Å². The van der Waals surface area contributed by atoms with Crippen LogP contribution in [0.4, 0.5) is 0 Å². The van der Waals surface area contributed by atoms with Crippen LogP contribution in [0.5, 0.6) is 0 Å². The fourth-order valence-electron chi connectivity index (χ4n) is 2.21.